The number of nitrogens with zero attached hydrogens (tertiary/aromatic N) is 2. The van der Waals surface area contributed by atoms with Crippen LogP contribution in [-0.4, -0.2) is 65.1 Å². The zero-order valence-electron chi connectivity index (χ0n) is 16.5. The summed E-state index contributed by atoms with van der Waals surface area (Å²) < 4.78 is 10.3. The van der Waals surface area contributed by atoms with E-state index in [2.05, 4.69) is 5.43 Å². The predicted octanol–water partition coefficient (Wildman–Crippen LogP) is 1.34. The molecule has 1 unspecified atom stereocenters. The van der Waals surface area contributed by atoms with Crippen molar-refractivity contribution in [1.82, 2.24) is 15.3 Å². The maximum absolute atomic E-state index is 12.8. The van der Waals surface area contributed by atoms with Gasteiger partial charge in [-0.25, -0.2) is 4.79 Å². The number of nitrogens with one attached hydrogen (secondary N) is 1. The molecule has 0 saturated carbocycles. The van der Waals surface area contributed by atoms with Crippen molar-refractivity contribution in [3.05, 3.63) is 35.4 Å². The third-order valence-corrected chi connectivity index (χ3v) is 5.82. The summed E-state index contributed by atoms with van der Waals surface area (Å²) in [6.07, 6.45) is 0.178. The lowest BCUT2D eigenvalue weighted by atomic mass is 9.87. The second kappa shape index (κ2) is 6.55. The van der Waals surface area contributed by atoms with Gasteiger partial charge in [0.25, 0.3) is 5.91 Å². The van der Waals surface area contributed by atoms with Crippen LogP contribution in [0.25, 0.3) is 0 Å². The molecule has 0 aliphatic carbocycles. The molecule has 29 heavy (non-hydrogen) atoms. The Kier molecular flexibility index (Phi) is 4.38. The first-order valence-corrected chi connectivity index (χ1v) is 9.55. The quantitative estimate of drug-likeness (QED) is 0.436. The summed E-state index contributed by atoms with van der Waals surface area (Å²) in [5, 5.41) is 1.62. The molecule has 4 rings (SSSR count). The van der Waals surface area contributed by atoms with Gasteiger partial charge in [0.05, 0.1) is 30.7 Å². The van der Waals surface area contributed by atoms with Gasteiger partial charge in [0.15, 0.2) is 11.9 Å². The predicted molar refractivity (Wildman–Crippen MR) is 99.7 cm³/mol. The van der Waals surface area contributed by atoms with Crippen molar-refractivity contribution >= 4 is 24.3 Å². The van der Waals surface area contributed by atoms with Gasteiger partial charge in [-0.05, 0) is 13.0 Å². The van der Waals surface area contributed by atoms with E-state index in [1.54, 1.807) is 41.1 Å². The minimum atomic E-state index is -0.810. The second-order valence-corrected chi connectivity index (χ2v) is 8.14. The summed E-state index contributed by atoms with van der Waals surface area (Å²) in [6.45, 7) is 6.19. The molecule has 0 radical (unpaired) electrons. The highest BCUT2D eigenvalue weighted by Crippen LogP contribution is 2.67. The normalized spacial score (nSPS) is 30.8. The van der Waals surface area contributed by atoms with Crippen molar-refractivity contribution in [3.8, 4) is 0 Å². The van der Waals surface area contributed by atoms with E-state index >= 15 is 0 Å². The topological polar surface area (TPSA) is 105 Å². The fourth-order valence-corrected chi connectivity index (χ4v) is 4.58. The Morgan fingerprint density at radius 1 is 1.34 bits per heavy atom. The minimum absolute atomic E-state index is 0.0276. The number of amides is 2. The summed E-state index contributed by atoms with van der Waals surface area (Å²) in [4.78, 5) is 50.1. The van der Waals surface area contributed by atoms with Gasteiger partial charge in [0, 0.05) is 11.0 Å². The van der Waals surface area contributed by atoms with Crippen LogP contribution in [0.2, 0.25) is 0 Å². The largest absolute Gasteiger partial charge is 0.466 e. The van der Waals surface area contributed by atoms with E-state index in [4.69, 9.17) is 9.47 Å². The Labute approximate surface area is 167 Å². The Hall–Kier alpha value is -2.94. The van der Waals surface area contributed by atoms with Crippen LogP contribution in [0.5, 0.6) is 0 Å². The number of cyclic esters (lactones) is 1. The Balaban J connectivity index is 1.61. The average molecular weight is 401 g/mol. The lowest BCUT2D eigenvalue weighted by molar-refractivity contribution is -0.143. The maximum Gasteiger partial charge on any atom is 0.411 e. The van der Waals surface area contributed by atoms with E-state index in [-0.39, 0.29) is 42.2 Å². The Morgan fingerprint density at radius 2 is 2.07 bits per heavy atom. The molecule has 3 heterocycles. The number of rotatable bonds is 6. The minimum Gasteiger partial charge on any atom is -0.466 e. The highest BCUT2D eigenvalue weighted by atomic mass is 16.6. The first-order valence-electron chi connectivity index (χ1n) is 9.55. The summed E-state index contributed by atoms with van der Waals surface area (Å²) >= 11 is 0. The summed E-state index contributed by atoms with van der Waals surface area (Å²) in [5.74, 6) is -0.882. The number of fused-ring (bicyclic) bond motifs is 3. The molecule has 9 heteroatoms. The van der Waals surface area contributed by atoms with Gasteiger partial charge >= 0.3 is 12.1 Å². The molecule has 3 aliphatic heterocycles. The number of carbonyl (C=O) groups is 4. The Morgan fingerprint density at radius 3 is 2.72 bits per heavy atom. The lowest BCUT2D eigenvalue weighted by Crippen LogP contribution is -2.37. The van der Waals surface area contributed by atoms with Crippen LogP contribution < -0.4 is 5.43 Å². The lowest BCUT2D eigenvalue weighted by Gasteiger charge is -2.27. The number of hydrogen-bond acceptors (Lipinski definition) is 7. The van der Waals surface area contributed by atoms with Gasteiger partial charge in [-0.1, -0.05) is 32.0 Å². The molecule has 154 valence electrons. The third-order valence-electron chi connectivity index (χ3n) is 5.82. The highest BCUT2D eigenvalue weighted by molar-refractivity contribution is 6.01. The number of ether oxygens (including phenoxy) is 2. The number of aldehydes is 1. The number of hydrazine groups is 1. The SMILES string of the molecule is CCOC(=O)C[C@@H]1N(NC(=O)c2ccccc2C=O)[C@@]12[C@@H]1N2C(=O)OCC1(C)C. The molecule has 3 saturated heterocycles. The molecule has 9 nitrogen and oxygen atoms in total. The summed E-state index contributed by atoms with van der Waals surface area (Å²) in [7, 11) is 0. The monoisotopic (exact) mass is 401 g/mol. The smallest absolute Gasteiger partial charge is 0.411 e. The molecular weight excluding hydrogens is 378 g/mol. The van der Waals surface area contributed by atoms with E-state index in [0.29, 0.717) is 6.29 Å². The number of benzene rings is 1. The molecule has 3 aliphatic rings. The second-order valence-electron chi connectivity index (χ2n) is 8.14. The van der Waals surface area contributed by atoms with Crippen LogP contribution in [0.4, 0.5) is 4.79 Å². The fourth-order valence-electron chi connectivity index (χ4n) is 4.58. The zero-order chi connectivity index (χ0) is 21.0. The average Bonchev–Trinajstić information content (AvgIpc) is 3.55. The summed E-state index contributed by atoms with van der Waals surface area (Å²) in [5.41, 5.74) is 2.11. The molecular formula is C20H23N3O6. The fraction of sp³-hybridized carbons (Fsp3) is 0.500. The first kappa shape index (κ1) is 19.4. The van der Waals surface area contributed by atoms with Crippen LogP contribution in [0, 0.1) is 5.41 Å². The van der Waals surface area contributed by atoms with E-state index in [9.17, 15) is 19.2 Å². The van der Waals surface area contributed by atoms with Crippen LogP contribution in [0.3, 0.4) is 0 Å². The molecule has 2 amide bonds. The number of esters is 1. The Bertz CT molecular complexity index is 900. The third kappa shape index (κ3) is 2.79. The van der Waals surface area contributed by atoms with Crippen LogP contribution in [0.1, 0.15) is 47.9 Å². The van der Waals surface area contributed by atoms with Gasteiger partial charge in [0.2, 0.25) is 0 Å². The van der Waals surface area contributed by atoms with Crippen LogP contribution in [-0.2, 0) is 14.3 Å². The van der Waals surface area contributed by atoms with E-state index < -0.39 is 29.7 Å². The molecule has 3 fully saturated rings. The molecule has 0 aromatic heterocycles. The van der Waals surface area contributed by atoms with E-state index in [1.165, 1.54) is 0 Å². The van der Waals surface area contributed by atoms with E-state index in [1.807, 2.05) is 13.8 Å². The van der Waals surface area contributed by atoms with Gasteiger partial charge in [-0.15, -0.1) is 0 Å². The van der Waals surface area contributed by atoms with Gasteiger partial charge in [-0.2, -0.15) is 5.01 Å². The molecule has 4 atom stereocenters. The van der Waals surface area contributed by atoms with Gasteiger partial charge < -0.3 is 9.47 Å². The van der Waals surface area contributed by atoms with Crippen molar-refractivity contribution in [2.24, 2.45) is 5.41 Å². The van der Waals surface area contributed by atoms with Crippen molar-refractivity contribution in [2.75, 3.05) is 13.2 Å². The molecule has 1 N–H and O–H groups in total. The standard InChI is InChI=1S/C20H23N3O6/c1-4-28-15(25)9-14-20(17-19(2,3)11-29-18(27)22(17)20)23(14)21-16(26)13-8-6-5-7-12(13)10-24/h5-8,10,14,17H,4,9,11H2,1-3H3,(H,21,26)/t14-,17+,20+,22?,23?/m0/s1. The van der Waals surface area contributed by atoms with Crippen molar-refractivity contribution in [3.63, 3.8) is 0 Å². The molecule has 1 aromatic carbocycles. The number of hydrogen-bond donors (Lipinski definition) is 1. The molecule has 1 spiro atoms. The van der Waals surface area contributed by atoms with Gasteiger partial charge in [-0.3, -0.25) is 24.7 Å². The van der Waals surface area contributed by atoms with Crippen LogP contribution >= 0.6 is 0 Å². The zero-order valence-corrected chi connectivity index (χ0v) is 16.5. The summed E-state index contributed by atoms with van der Waals surface area (Å²) in [6, 6.07) is 5.81. The first-order chi connectivity index (χ1) is 13.8. The highest BCUT2D eigenvalue weighted by Gasteiger charge is 2.90. The number of carbonyl (C=O) groups excluding carboxylic acids is 4. The van der Waals surface area contributed by atoms with Crippen molar-refractivity contribution < 1.29 is 28.7 Å². The van der Waals surface area contributed by atoms with Crippen LogP contribution in [0.15, 0.2) is 24.3 Å². The van der Waals surface area contributed by atoms with Crippen molar-refractivity contribution in [2.45, 2.75) is 44.9 Å². The maximum atomic E-state index is 12.8. The van der Waals surface area contributed by atoms with Crippen molar-refractivity contribution in [1.29, 1.82) is 0 Å². The van der Waals surface area contributed by atoms with Gasteiger partial charge in [0.1, 0.15) is 6.61 Å². The molecule has 0 bridgehead atoms. The molecule has 1 aromatic rings. The van der Waals surface area contributed by atoms with E-state index in [0.717, 1.165) is 0 Å².